The fourth-order valence-corrected chi connectivity index (χ4v) is 2.68. The van der Waals surface area contributed by atoms with Gasteiger partial charge in [-0.05, 0) is 25.9 Å². The highest BCUT2D eigenvalue weighted by atomic mass is 32.1. The van der Waals surface area contributed by atoms with Crippen LogP contribution < -0.4 is 0 Å². The van der Waals surface area contributed by atoms with Gasteiger partial charge in [0.05, 0.1) is 6.54 Å². The molecular weight excluding hydrogens is 206 g/mol. The van der Waals surface area contributed by atoms with E-state index in [2.05, 4.69) is 16.0 Å². The number of nitriles is 1. The third-order valence-corrected chi connectivity index (χ3v) is 3.56. The van der Waals surface area contributed by atoms with E-state index in [1.165, 1.54) is 38.8 Å². The minimum absolute atomic E-state index is 0.560. The molecule has 1 saturated heterocycles. The molecule has 0 radical (unpaired) electrons. The largest absolute Gasteiger partial charge is 0.297 e. The number of thiazole rings is 1. The summed E-state index contributed by atoms with van der Waals surface area (Å²) in [4.78, 5) is 6.72. The van der Waals surface area contributed by atoms with Crippen LogP contribution in [-0.4, -0.2) is 23.0 Å². The molecular formula is C11H15N3S. The van der Waals surface area contributed by atoms with Crippen molar-refractivity contribution in [1.82, 2.24) is 9.88 Å². The smallest absolute Gasteiger partial charge is 0.151 e. The zero-order chi connectivity index (χ0) is 10.5. The van der Waals surface area contributed by atoms with Crippen molar-refractivity contribution in [2.24, 2.45) is 0 Å². The second-order valence-electron chi connectivity index (χ2n) is 3.93. The quantitative estimate of drug-likeness (QED) is 0.770. The van der Waals surface area contributed by atoms with E-state index < -0.39 is 0 Å². The molecule has 4 heteroatoms. The predicted molar refractivity (Wildman–Crippen MR) is 60.6 cm³/mol. The van der Waals surface area contributed by atoms with Gasteiger partial charge in [-0.1, -0.05) is 12.8 Å². The van der Waals surface area contributed by atoms with Gasteiger partial charge in [0.2, 0.25) is 0 Å². The molecule has 2 heterocycles. The van der Waals surface area contributed by atoms with Crippen molar-refractivity contribution in [3.63, 3.8) is 0 Å². The van der Waals surface area contributed by atoms with E-state index in [1.54, 1.807) is 11.3 Å². The van der Waals surface area contributed by atoms with E-state index in [0.717, 1.165) is 11.6 Å². The Morgan fingerprint density at radius 2 is 2.07 bits per heavy atom. The van der Waals surface area contributed by atoms with Crippen LogP contribution in [0.15, 0.2) is 5.38 Å². The molecule has 1 aromatic rings. The Hall–Kier alpha value is -0.920. The van der Waals surface area contributed by atoms with Gasteiger partial charge in [-0.2, -0.15) is 5.26 Å². The summed E-state index contributed by atoms with van der Waals surface area (Å²) in [5.74, 6) is 0. The van der Waals surface area contributed by atoms with Gasteiger partial charge in [0, 0.05) is 5.38 Å². The predicted octanol–water partition coefficient (Wildman–Crippen LogP) is 2.39. The van der Waals surface area contributed by atoms with Crippen molar-refractivity contribution < 1.29 is 0 Å². The molecule has 0 unspecified atom stereocenters. The van der Waals surface area contributed by atoms with E-state index >= 15 is 0 Å². The molecule has 0 bridgehead atoms. The monoisotopic (exact) mass is 221 g/mol. The average Bonchev–Trinajstić information content (AvgIpc) is 2.54. The van der Waals surface area contributed by atoms with Crippen LogP contribution in [0.2, 0.25) is 0 Å². The first-order valence-electron chi connectivity index (χ1n) is 5.45. The van der Waals surface area contributed by atoms with Gasteiger partial charge in [0.25, 0.3) is 0 Å². The Morgan fingerprint density at radius 1 is 1.33 bits per heavy atom. The first-order chi connectivity index (χ1) is 7.38. The highest BCUT2D eigenvalue weighted by molar-refractivity contribution is 7.09. The van der Waals surface area contributed by atoms with E-state index in [1.807, 2.05) is 5.38 Å². The molecule has 2 rings (SSSR count). The lowest BCUT2D eigenvalue weighted by Crippen LogP contribution is -2.23. The fraction of sp³-hybridized carbons (Fsp3) is 0.636. The van der Waals surface area contributed by atoms with Crippen molar-refractivity contribution in [1.29, 1.82) is 5.26 Å². The number of hydrogen-bond acceptors (Lipinski definition) is 4. The van der Waals surface area contributed by atoms with Crippen LogP contribution in [0.3, 0.4) is 0 Å². The summed E-state index contributed by atoms with van der Waals surface area (Å²) in [6.45, 7) is 3.29. The zero-order valence-electron chi connectivity index (χ0n) is 8.78. The van der Waals surface area contributed by atoms with Gasteiger partial charge in [-0.25, -0.2) is 4.98 Å². The van der Waals surface area contributed by atoms with Crippen LogP contribution in [0.5, 0.6) is 0 Å². The molecule has 1 fully saturated rings. The standard InChI is InChI=1S/C11H15N3S/c12-7-10-9-15-11(13-10)8-14-5-3-1-2-4-6-14/h9H,1-6,8H2. The Labute approximate surface area is 94.4 Å². The summed E-state index contributed by atoms with van der Waals surface area (Å²) >= 11 is 1.60. The Morgan fingerprint density at radius 3 is 2.67 bits per heavy atom. The minimum Gasteiger partial charge on any atom is -0.297 e. The van der Waals surface area contributed by atoms with Crippen molar-refractivity contribution in [2.75, 3.05) is 13.1 Å². The van der Waals surface area contributed by atoms with Crippen LogP contribution >= 0.6 is 11.3 Å². The maximum atomic E-state index is 8.68. The Kier molecular flexibility index (Phi) is 3.70. The Balaban J connectivity index is 1.92. The first-order valence-corrected chi connectivity index (χ1v) is 6.33. The van der Waals surface area contributed by atoms with Gasteiger partial charge < -0.3 is 0 Å². The van der Waals surface area contributed by atoms with Gasteiger partial charge in [-0.3, -0.25) is 4.90 Å². The van der Waals surface area contributed by atoms with Gasteiger partial charge in [0.1, 0.15) is 11.1 Å². The lowest BCUT2D eigenvalue weighted by molar-refractivity contribution is 0.276. The van der Waals surface area contributed by atoms with Crippen LogP contribution in [0.4, 0.5) is 0 Å². The van der Waals surface area contributed by atoms with Crippen LogP contribution in [0.1, 0.15) is 36.4 Å². The second-order valence-corrected chi connectivity index (χ2v) is 4.87. The molecule has 15 heavy (non-hydrogen) atoms. The molecule has 1 aliphatic rings. The van der Waals surface area contributed by atoms with E-state index in [4.69, 9.17) is 5.26 Å². The molecule has 1 aliphatic heterocycles. The van der Waals surface area contributed by atoms with Crippen LogP contribution in [0, 0.1) is 11.3 Å². The first kappa shape index (κ1) is 10.6. The summed E-state index contributed by atoms with van der Waals surface area (Å²) < 4.78 is 0. The molecule has 0 atom stereocenters. The van der Waals surface area contributed by atoms with Crippen LogP contribution in [0.25, 0.3) is 0 Å². The minimum atomic E-state index is 0.560. The van der Waals surface area contributed by atoms with Gasteiger partial charge in [-0.15, -0.1) is 11.3 Å². The molecule has 0 spiro atoms. The molecule has 1 aromatic heterocycles. The van der Waals surface area contributed by atoms with Crippen molar-refractivity contribution in [3.8, 4) is 6.07 Å². The van der Waals surface area contributed by atoms with Crippen LogP contribution in [-0.2, 0) is 6.54 Å². The molecule has 3 nitrogen and oxygen atoms in total. The van der Waals surface area contributed by atoms with E-state index in [0.29, 0.717) is 5.69 Å². The number of hydrogen-bond donors (Lipinski definition) is 0. The van der Waals surface area contributed by atoms with Gasteiger partial charge >= 0.3 is 0 Å². The topological polar surface area (TPSA) is 39.9 Å². The lowest BCUT2D eigenvalue weighted by atomic mass is 10.2. The maximum Gasteiger partial charge on any atom is 0.151 e. The second kappa shape index (κ2) is 5.24. The zero-order valence-corrected chi connectivity index (χ0v) is 9.59. The van der Waals surface area contributed by atoms with Crippen molar-refractivity contribution in [3.05, 3.63) is 16.1 Å². The van der Waals surface area contributed by atoms with Crippen molar-refractivity contribution in [2.45, 2.75) is 32.2 Å². The summed E-state index contributed by atoms with van der Waals surface area (Å²) in [6, 6.07) is 2.08. The van der Waals surface area contributed by atoms with E-state index in [9.17, 15) is 0 Å². The molecule has 0 amide bonds. The fourth-order valence-electron chi connectivity index (χ4n) is 1.92. The average molecular weight is 221 g/mol. The summed E-state index contributed by atoms with van der Waals surface area (Å²) in [5, 5.41) is 11.6. The Bertz CT molecular complexity index is 345. The lowest BCUT2D eigenvalue weighted by Gasteiger charge is -2.17. The summed E-state index contributed by atoms with van der Waals surface area (Å²) in [6.07, 6.45) is 5.32. The molecule has 0 saturated carbocycles. The number of rotatable bonds is 2. The van der Waals surface area contributed by atoms with Gasteiger partial charge in [0.15, 0.2) is 5.69 Å². The number of aromatic nitrogens is 1. The molecule has 0 aliphatic carbocycles. The van der Waals surface area contributed by atoms with E-state index in [-0.39, 0.29) is 0 Å². The molecule has 80 valence electrons. The summed E-state index contributed by atoms with van der Waals surface area (Å²) in [7, 11) is 0. The number of nitrogens with zero attached hydrogens (tertiary/aromatic N) is 3. The normalized spacial score (nSPS) is 18.3. The SMILES string of the molecule is N#Cc1csc(CN2CCCCCC2)n1. The highest BCUT2D eigenvalue weighted by Gasteiger charge is 2.11. The molecule has 0 N–H and O–H groups in total. The molecule has 0 aromatic carbocycles. The van der Waals surface area contributed by atoms with Crippen molar-refractivity contribution >= 4 is 11.3 Å². The maximum absolute atomic E-state index is 8.68. The third-order valence-electron chi connectivity index (χ3n) is 2.72. The number of likely N-dealkylation sites (tertiary alicyclic amines) is 1. The highest BCUT2D eigenvalue weighted by Crippen LogP contribution is 2.15. The third kappa shape index (κ3) is 3.01. The summed E-state index contributed by atoms with van der Waals surface area (Å²) in [5.41, 5.74) is 0.560.